The summed E-state index contributed by atoms with van der Waals surface area (Å²) in [5.41, 5.74) is -2.96. The van der Waals surface area contributed by atoms with Gasteiger partial charge in [0.2, 0.25) is 5.88 Å². The summed E-state index contributed by atoms with van der Waals surface area (Å²) in [7, 11) is 0. The van der Waals surface area contributed by atoms with Crippen LogP contribution in [0.5, 0.6) is 11.6 Å². The maximum atomic E-state index is 15.2. The molecule has 29 heavy (non-hydrogen) atoms. The van der Waals surface area contributed by atoms with Gasteiger partial charge < -0.3 is 9.47 Å². The number of aromatic nitrogens is 1. The number of hydrogen-bond donors (Lipinski definition) is 0. The first kappa shape index (κ1) is 18.9. The maximum absolute atomic E-state index is 15.2. The number of alkyl halides is 2. The molecule has 1 fully saturated rings. The van der Waals surface area contributed by atoms with Crippen LogP contribution in [0.3, 0.4) is 0 Å². The first-order chi connectivity index (χ1) is 13.9. The van der Waals surface area contributed by atoms with Crippen molar-refractivity contribution in [2.45, 2.75) is 11.5 Å². The summed E-state index contributed by atoms with van der Waals surface area (Å²) in [5, 5.41) is 8.81. The van der Waals surface area contributed by atoms with Gasteiger partial charge in [0.25, 0.3) is 0 Å². The zero-order chi connectivity index (χ0) is 20.6. The molecule has 0 radical (unpaired) electrons. The number of nitriles is 1. The molecule has 0 N–H and O–H groups in total. The van der Waals surface area contributed by atoms with Crippen LogP contribution in [0, 0.1) is 23.0 Å². The van der Waals surface area contributed by atoms with Crippen molar-refractivity contribution < 1.29 is 27.0 Å². The Labute approximate surface area is 163 Å². The zero-order valence-electron chi connectivity index (χ0n) is 14.7. The van der Waals surface area contributed by atoms with Crippen molar-refractivity contribution in [2.75, 3.05) is 6.61 Å². The van der Waals surface area contributed by atoms with E-state index in [2.05, 4.69) is 4.98 Å². The smallest absolute Gasteiger partial charge is 0.324 e. The first-order valence-electron chi connectivity index (χ1n) is 8.48. The van der Waals surface area contributed by atoms with E-state index in [4.69, 9.17) is 14.7 Å². The third-order valence-corrected chi connectivity index (χ3v) is 4.56. The van der Waals surface area contributed by atoms with Crippen molar-refractivity contribution in [1.29, 1.82) is 5.26 Å². The number of hydrogen-bond acceptors (Lipinski definition) is 4. The Bertz CT molecular complexity index is 1110. The normalized spacial score (nSPS) is 18.2. The molecule has 2 heterocycles. The Hall–Kier alpha value is -3.44. The molecule has 146 valence electrons. The van der Waals surface area contributed by atoms with Gasteiger partial charge in [-0.25, -0.2) is 13.8 Å². The molecule has 0 saturated carbocycles. The quantitative estimate of drug-likeness (QED) is 0.445. The molecule has 1 aromatic heterocycles. The van der Waals surface area contributed by atoms with Gasteiger partial charge in [0.15, 0.2) is 5.60 Å². The minimum Gasteiger partial charge on any atom is -0.439 e. The van der Waals surface area contributed by atoms with Crippen molar-refractivity contribution in [1.82, 2.24) is 4.98 Å². The Morgan fingerprint density at radius 3 is 2.41 bits per heavy atom. The fourth-order valence-corrected chi connectivity index (χ4v) is 2.97. The van der Waals surface area contributed by atoms with Crippen molar-refractivity contribution in [3.8, 4) is 17.7 Å². The lowest BCUT2D eigenvalue weighted by Gasteiger charge is -2.24. The van der Waals surface area contributed by atoms with Gasteiger partial charge in [-0.1, -0.05) is 6.07 Å². The standard InChI is InChI=1S/C21H12F4N2O2/c22-14-6-9-16(17(23)10-14)20(12-28-20)21(24,25)18-2-1-3-19(27-18)29-15-7-4-13(11-26)5-8-15/h1-10H,12H2. The summed E-state index contributed by atoms with van der Waals surface area (Å²) in [5.74, 6) is -5.50. The van der Waals surface area contributed by atoms with Gasteiger partial charge in [0, 0.05) is 17.7 Å². The fourth-order valence-electron chi connectivity index (χ4n) is 2.97. The number of halogens is 4. The van der Waals surface area contributed by atoms with Crippen LogP contribution in [-0.2, 0) is 16.3 Å². The molecule has 8 heteroatoms. The summed E-state index contributed by atoms with van der Waals surface area (Å²) in [6, 6.07) is 14.2. The van der Waals surface area contributed by atoms with Crippen LogP contribution in [0.25, 0.3) is 0 Å². The molecule has 2 aromatic carbocycles. The average molecular weight is 400 g/mol. The molecule has 1 atom stereocenters. The number of pyridine rings is 1. The van der Waals surface area contributed by atoms with Gasteiger partial charge in [-0.05, 0) is 42.5 Å². The Morgan fingerprint density at radius 2 is 1.79 bits per heavy atom. The van der Waals surface area contributed by atoms with E-state index in [1.54, 1.807) is 0 Å². The zero-order valence-corrected chi connectivity index (χ0v) is 14.7. The highest BCUT2D eigenvalue weighted by molar-refractivity contribution is 5.38. The SMILES string of the molecule is N#Cc1ccc(Oc2cccc(C(F)(F)C3(c4ccc(F)cc4F)CO3)n2)cc1. The predicted octanol–water partition coefficient (Wildman–Crippen LogP) is 5.04. The molecule has 0 aliphatic carbocycles. The lowest BCUT2D eigenvalue weighted by molar-refractivity contribution is -0.0904. The molecular formula is C21H12F4N2O2. The minimum atomic E-state index is -3.70. The predicted molar refractivity (Wildman–Crippen MR) is 93.4 cm³/mol. The summed E-state index contributed by atoms with van der Waals surface area (Å²) >= 11 is 0. The van der Waals surface area contributed by atoms with E-state index < -0.39 is 41.0 Å². The summed E-state index contributed by atoms with van der Waals surface area (Å²) in [6.45, 7) is -0.440. The lowest BCUT2D eigenvalue weighted by Crippen LogP contribution is -2.34. The van der Waals surface area contributed by atoms with Crippen molar-refractivity contribution in [3.63, 3.8) is 0 Å². The maximum Gasteiger partial charge on any atom is 0.324 e. The molecule has 0 spiro atoms. The second kappa shape index (κ2) is 6.87. The van der Waals surface area contributed by atoms with E-state index in [0.717, 1.165) is 18.2 Å². The summed E-state index contributed by atoms with van der Waals surface area (Å²) in [4.78, 5) is 3.85. The van der Waals surface area contributed by atoms with E-state index in [-0.39, 0.29) is 5.88 Å². The van der Waals surface area contributed by atoms with E-state index in [9.17, 15) is 8.78 Å². The van der Waals surface area contributed by atoms with Crippen LogP contribution in [0.1, 0.15) is 16.8 Å². The van der Waals surface area contributed by atoms with Crippen LogP contribution in [-0.4, -0.2) is 11.6 Å². The van der Waals surface area contributed by atoms with E-state index >= 15 is 8.78 Å². The average Bonchev–Trinajstić information content (AvgIpc) is 3.51. The number of nitrogens with zero attached hydrogens (tertiary/aromatic N) is 2. The van der Waals surface area contributed by atoms with Gasteiger partial charge in [-0.15, -0.1) is 0 Å². The molecule has 4 rings (SSSR count). The highest BCUT2D eigenvalue weighted by Gasteiger charge is 2.68. The molecule has 0 bridgehead atoms. The third kappa shape index (κ3) is 3.30. The van der Waals surface area contributed by atoms with Gasteiger partial charge in [-0.2, -0.15) is 14.0 Å². The number of epoxide rings is 1. The Balaban J connectivity index is 1.65. The highest BCUT2D eigenvalue weighted by Crippen LogP contribution is 2.56. The Morgan fingerprint density at radius 1 is 1.07 bits per heavy atom. The van der Waals surface area contributed by atoms with E-state index in [0.29, 0.717) is 17.4 Å². The molecule has 4 nitrogen and oxygen atoms in total. The molecule has 1 aliphatic heterocycles. The van der Waals surface area contributed by atoms with Gasteiger partial charge >= 0.3 is 5.92 Å². The second-order valence-corrected chi connectivity index (χ2v) is 6.41. The number of benzene rings is 2. The van der Waals surface area contributed by atoms with Gasteiger partial charge in [-0.3, -0.25) is 0 Å². The third-order valence-electron chi connectivity index (χ3n) is 4.56. The topological polar surface area (TPSA) is 58.4 Å². The van der Waals surface area contributed by atoms with Crippen LogP contribution in [0.4, 0.5) is 17.6 Å². The van der Waals surface area contributed by atoms with Gasteiger partial charge in [0.1, 0.15) is 23.1 Å². The van der Waals surface area contributed by atoms with Crippen LogP contribution in [0.2, 0.25) is 0 Å². The van der Waals surface area contributed by atoms with Crippen molar-refractivity contribution in [3.05, 3.63) is 89.1 Å². The van der Waals surface area contributed by atoms with E-state index in [1.807, 2.05) is 6.07 Å². The second-order valence-electron chi connectivity index (χ2n) is 6.41. The molecule has 1 aliphatic rings. The number of rotatable bonds is 5. The molecular weight excluding hydrogens is 388 g/mol. The van der Waals surface area contributed by atoms with Crippen LogP contribution < -0.4 is 4.74 Å². The Kier molecular flexibility index (Phi) is 4.47. The number of ether oxygens (including phenoxy) is 2. The van der Waals surface area contributed by atoms with Crippen molar-refractivity contribution >= 4 is 0 Å². The largest absolute Gasteiger partial charge is 0.439 e. The van der Waals surface area contributed by atoms with E-state index in [1.165, 1.54) is 36.4 Å². The van der Waals surface area contributed by atoms with Crippen LogP contribution >= 0.6 is 0 Å². The highest BCUT2D eigenvalue weighted by atomic mass is 19.3. The summed E-state index contributed by atoms with van der Waals surface area (Å²) < 4.78 is 68.2. The molecule has 1 saturated heterocycles. The molecule has 1 unspecified atom stereocenters. The van der Waals surface area contributed by atoms with Gasteiger partial charge in [0.05, 0.1) is 18.2 Å². The fraction of sp³-hybridized carbons (Fsp3) is 0.143. The lowest BCUT2D eigenvalue weighted by atomic mass is 9.90. The van der Waals surface area contributed by atoms with Crippen LogP contribution in [0.15, 0.2) is 60.7 Å². The first-order valence-corrected chi connectivity index (χ1v) is 8.48. The monoisotopic (exact) mass is 400 g/mol. The van der Waals surface area contributed by atoms with Crippen molar-refractivity contribution in [2.24, 2.45) is 0 Å². The molecule has 3 aromatic rings. The minimum absolute atomic E-state index is 0.109. The summed E-state index contributed by atoms with van der Waals surface area (Å²) in [6.07, 6.45) is 0. The molecule has 0 amide bonds.